The minimum atomic E-state index is -0.731. The lowest BCUT2D eigenvalue weighted by atomic mass is 10.1. The van der Waals surface area contributed by atoms with Gasteiger partial charge in [-0.1, -0.05) is 38.5 Å². The molecule has 1 rings (SSSR count). The second kappa shape index (κ2) is 8.32. The van der Waals surface area contributed by atoms with Crippen molar-refractivity contribution in [3.63, 3.8) is 0 Å². The summed E-state index contributed by atoms with van der Waals surface area (Å²) in [7, 11) is 0. The Labute approximate surface area is 119 Å². The molecule has 20 heavy (non-hydrogen) atoms. The highest BCUT2D eigenvalue weighted by atomic mass is 16.3. The normalized spacial score (nSPS) is 11.8. The van der Waals surface area contributed by atoms with Crippen molar-refractivity contribution >= 4 is 17.5 Å². The van der Waals surface area contributed by atoms with E-state index in [9.17, 15) is 14.7 Å². The summed E-state index contributed by atoms with van der Waals surface area (Å²) < 4.78 is 0. The van der Waals surface area contributed by atoms with Gasteiger partial charge in [-0.05, 0) is 24.5 Å². The largest absolute Gasteiger partial charge is 0.391 e. The second-order valence-corrected chi connectivity index (χ2v) is 4.62. The minimum Gasteiger partial charge on any atom is -0.391 e. The van der Waals surface area contributed by atoms with Crippen molar-refractivity contribution in [3.8, 4) is 0 Å². The number of rotatable bonds is 6. The van der Waals surface area contributed by atoms with Gasteiger partial charge in [0.2, 0.25) is 0 Å². The summed E-state index contributed by atoms with van der Waals surface area (Å²) in [6, 6.07) is 7.35. The van der Waals surface area contributed by atoms with E-state index in [4.69, 9.17) is 0 Å². The van der Waals surface area contributed by atoms with Gasteiger partial charge >= 0.3 is 11.8 Å². The van der Waals surface area contributed by atoms with Gasteiger partial charge in [-0.15, -0.1) is 0 Å². The summed E-state index contributed by atoms with van der Waals surface area (Å²) in [6.45, 7) is 4.01. The maximum atomic E-state index is 11.7. The van der Waals surface area contributed by atoms with E-state index in [0.29, 0.717) is 12.1 Å². The molecule has 0 aliphatic carbocycles. The standard InChI is InChI=1S/C15H22N2O3/c1-3-7-12(18)10-16-14(19)15(20)17-13-9-6-5-8-11(13)4-2/h5-6,8-9,12,18H,3-4,7,10H2,1-2H3,(H,16,19)(H,17,20). The minimum absolute atomic E-state index is 0.0928. The number of anilines is 1. The molecule has 1 aromatic carbocycles. The van der Waals surface area contributed by atoms with E-state index < -0.39 is 17.9 Å². The lowest BCUT2D eigenvalue weighted by Gasteiger charge is -2.12. The molecule has 2 amide bonds. The Hall–Kier alpha value is -1.88. The van der Waals surface area contributed by atoms with Crippen molar-refractivity contribution in [2.75, 3.05) is 11.9 Å². The number of aryl methyl sites for hydroxylation is 1. The third kappa shape index (κ3) is 5.01. The van der Waals surface area contributed by atoms with Crippen LogP contribution in [-0.4, -0.2) is 29.6 Å². The molecule has 0 radical (unpaired) electrons. The van der Waals surface area contributed by atoms with Gasteiger partial charge in [-0.3, -0.25) is 9.59 Å². The highest BCUT2D eigenvalue weighted by Crippen LogP contribution is 2.15. The van der Waals surface area contributed by atoms with Crippen LogP contribution in [0.5, 0.6) is 0 Å². The number of aliphatic hydroxyl groups is 1. The van der Waals surface area contributed by atoms with Crippen LogP contribution in [0.4, 0.5) is 5.69 Å². The molecular weight excluding hydrogens is 256 g/mol. The van der Waals surface area contributed by atoms with Crippen LogP contribution >= 0.6 is 0 Å². The number of hydrogen-bond donors (Lipinski definition) is 3. The Kier molecular flexibility index (Phi) is 6.73. The molecule has 3 N–H and O–H groups in total. The van der Waals surface area contributed by atoms with Crippen molar-refractivity contribution in [2.45, 2.75) is 39.2 Å². The molecule has 0 aliphatic heterocycles. The molecule has 0 bridgehead atoms. The number of amides is 2. The van der Waals surface area contributed by atoms with Crippen molar-refractivity contribution in [1.29, 1.82) is 0 Å². The van der Waals surface area contributed by atoms with Crippen LogP contribution in [0.15, 0.2) is 24.3 Å². The van der Waals surface area contributed by atoms with E-state index in [0.717, 1.165) is 18.4 Å². The van der Waals surface area contributed by atoms with Gasteiger partial charge in [0.15, 0.2) is 0 Å². The molecule has 110 valence electrons. The highest BCUT2D eigenvalue weighted by molar-refractivity contribution is 6.39. The summed E-state index contributed by atoms with van der Waals surface area (Å²) in [5.41, 5.74) is 1.61. The molecule has 1 unspecified atom stereocenters. The first-order valence-corrected chi connectivity index (χ1v) is 6.93. The van der Waals surface area contributed by atoms with E-state index >= 15 is 0 Å². The average molecular weight is 278 g/mol. The van der Waals surface area contributed by atoms with Crippen molar-refractivity contribution in [3.05, 3.63) is 29.8 Å². The molecule has 0 heterocycles. The monoisotopic (exact) mass is 278 g/mol. The summed E-state index contributed by atoms with van der Waals surface area (Å²) >= 11 is 0. The smallest absolute Gasteiger partial charge is 0.313 e. The van der Waals surface area contributed by atoms with Crippen LogP contribution < -0.4 is 10.6 Å². The molecule has 0 aromatic heterocycles. The first-order chi connectivity index (χ1) is 9.58. The Morgan fingerprint density at radius 3 is 2.55 bits per heavy atom. The SMILES string of the molecule is CCCC(O)CNC(=O)C(=O)Nc1ccccc1CC. The molecule has 0 saturated heterocycles. The number of carbonyl (C=O) groups excluding carboxylic acids is 2. The van der Waals surface area contributed by atoms with Crippen molar-refractivity contribution in [1.82, 2.24) is 5.32 Å². The maximum Gasteiger partial charge on any atom is 0.313 e. The molecule has 5 nitrogen and oxygen atoms in total. The van der Waals surface area contributed by atoms with Gasteiger partial charge in [0.25, 0.3) is 0 Å². The van der Waals surface area contributed by atoms with E-state index in [-0.39, 0.29) is 6.54 Å². The Morgan fingerprint density at radius 2 is 1.90 bits per heavy atom. The average Bonchev–Trinajstić information content (AvgIpc) is 2.45. The fourth-order valence-corrected chi connectivity index (χ4v) is 1.86. The predicted molar refractivity (Wildman–Crippen MR) is 78.4 cm³/mol. The lowest BCUT2D eigenvalue weighted by molar-refractivity contribution is -0.136. The molecule has 0 fully saturated rings. The van der Waals surface area contributed by atoms with E-state index in [1.807, 2.05) is 26.0 Å². The second-order valence-electron chi connectivity index (χ2n) is 4.62. The first-order valence-electron chi connectivity index (χ1n) is 6.93. The fraction of sp³-hybridized carbons (Fsp3) is 0.467. The predicted octanol–water partition coefficient (Wildman–Crippen LogP) is 1.46. The molecule has 0 aliphatic rings. The fourth-order valence-electron chi connectivity index (χ4n) is 1.86. The van der Waals surface area contributed by atoms with Gasteiger partial charge in [-0.2, -0.15) is 0 Å². The molecule has 1 atom stereocenters. The molecule has 0 spiro atoms. The maximum absolute atomic E-state index is 11.7. The number of benzene rings is 1. The van der Waals surface area contributed by atoms with Crippen LogP contribution in [0.1, 0.15) is 32.3 Å². The molecule has 5 heteroatoms. The lowest BCUT2D eigenvalue weighted by Crippen LogP contribution is -2.39. The van der Waals surface area contributed by atoms with E-state index in [1.165, 1.54) is 0 Å². The number of aliphatic hydroxyl groups excluding tert-OH is 1. The third-order valence-electron chi connectivity index (χ3n) is 2.97. The summed E-state index contributed by atoms with van der Waals surface area (Å²) in [5, 5.41) is 14.5. The quantitative estimate of drug-likeness (QED) is 0.689. The Balaban J connectivity index is 2.51. The van der Waals surface area contributed by atoms with Crippen LogP contribution in [0.25, 0.3) is 0 Å². The Bertz CT molecular complexity index is 460. The number of carbonyl (C=O) groups is 2. The summed E-state index contributed by atoms with van der Waals surface area (Å²) in [4.78, 5) is 23.4. The van der Waals surface area contributed by atoms with E-state index in [1.54, 1.807) is 12.1 Å². The molecule has 1 aromatic rings. The number of para-hydroxylation sites is 1. The molecular formula is C15H22N2O3. The van der Waals surface area contributed by atoms with Crippen LogP contribution in [-0.2, 0) is 16.0 Å². The number of nitrogens with one attached hydrogen (secondary N) is 2. The van der Waals surface area contributed by atoms with Gasteiger partial charge in [-0.25, -0.2) is 0 Å². The topological polar surface area (TPSA) is 78.4 Å². The first kappa shape index (κ1) is 16.2. The van der Waals surface area contributed by atoms with Gasteiger partial charge in [0.1, 0.15) is 0 Å². The van der Waals surface area contributed by atoms with E-state index in [2.05, 4.69) is 10.6 Å². The van der Waals surface area contributed by atoms with Crippen molar-refractivity contribution in [2.24, 2.45) is 0 Å². The van der Waals surface area contributed by atoms with Crippen LogP contribution in [0.2, 0.25) is 0 Å². The third-order valence-corrected chi connectivity index (χ3v) is 2.97. The molecule has 0 saturated carbocycles. The summed E-state index contributed by atoms with van der Waals surface area (Å²) in [5.74, 6) is -1.44. The van der Waals surface area contributed by atoms with Crippen molar-refractivity contribution < 1.29 is 14.7 Å². The zero-order valence-electron chi connectivity index (χ0n) is 12.0. The van der Waals surface area contributed by atoms with Gasteiger partial charge < -0.3 is 15.7 Å². The zero-order valence-corrected chi connectivity index (χ0v) is 12.0. The highest BCUT2D eigenvalue weighted by Gasteiger charge is 2.15. The van der Waals surface area contributed by atoms with Crippen LogP contribution in [0, 0.1) is 0 Å². The zero-order chi connectivity index (χ0) is 15.0. The summed E-state index contributed by atoms with van der Waals surface area (Å²) in [6.07, 6.45) is 1.58. The van der Waals surface area contributed by atoms with Gasteiger partial charge in [0.05, 0.1) is 6.10 Å². The Morgan fingerprint density at radius 1 is 1.20 bits per heavy atom. The van der Waals surface area contributed by atoms with Gasteiger partial charge in [0, 0.05) is 12.2 Å². The number of hydrogen-bond acceptors (Lipinski definition) is 3. The van der Waals surface area contributed by atoms with Crippen LogP contribution in [0.3, 0.4) is 0 Å².